The molecule has 0 radical (unpaired) electrons. The molecule has 0 saturated heterocycles. The first-order chi connectivity index (χ1) is 12.0. The van der Waals surface area contributed by atoms with Crippen molar-refractivity contribution in [1.29, 1.82) is 0 Å². The highest BCUT2D eigenvalue weighted by atomic mass is 35.5. The Morgan fingerprint density at radius 3 is 2.68 bits per heavy atom. The molecule has 25 heavy (non-hydrogen) atoms. The van der Waals surface area contributed by atoms with Gasteiger partial charge in [0.2, 0.25) is 5.91 Å². The Balaban J connectivity index is 1.90. The van der Waals surface area contributed by atoms with Crippen molar-refractivity contribution in [2.75, 3.05) is 5.32 Å². The van der Waals surface area contributed by atoms with Crippen LogP contribution in [0, 0.1) is 0 Å². The van der Waals surface area contributed by atoms with E-state index in [-0.39, 0.29) is 12.5 Å². The highest BCUT2D eigenvalue weighted by Crippen LogP contribution is 2.26. The van der Waals surface area contributed by atoms with E-state index >= 15 is 0 Å². The van der Waals surface area contributed by atoms with E-state index in [1.54, 1.807) is 24.4 Å². The third-order valence-corrected chi connectivity index (χ3v) is 4.78. The number of hydrogen-bond donors (Lipinski definition) is 1. The first-order valence-electron chi connectivity index (χ1n) is 7.84. The first-order valence-corrected chi connectivity index (χ1v) is 8.60. The number of benzene rings is 2. The summed E-state index contributed by atoms with van der Waals surface area (Å²) in [5.74, 6) is -0.210. The largest absolute Gasteiger partial charge is 0.337 e. The van der Waals surface area contributed by atoms with Crippen molar-refractivity contribution in [3.63, 3.8) is 0 Å². The second-order valence-electron chi connectivity index (χ2n) is 5.67. The Kier molecular flexibility index (Phi) is 5.11. The smallest absolute Gasteiger partial charge is 0.244 e. The third kappa shape index (κ3) is 3.55. The quantitative estimate of drug-likeness (QED) is 0.641. The first kappa shape index (κ1) is 17.5. The molecule has 0 aliphatic carbocycles. The van der Waals surface area contributed by atoms with Crippen molar-refractivity contribution in [1.82, 2.24) is 4.57 Å². The summed E-state index contributed by atoms with van der Waals surface area (Å²) >= 11 is 11.9. The summed E-state index contributed by atoms with van der Waals surface area (Å²) in [4.78, 5) is 23.8. The average molecular weight is 375 g/mol. The number of para-hydroxylation sites is 1. The van der Waals surface area contributed by atoms with Crippen LogP contribution in [0.15, 0.2) is 42.6 Å². The number of carbonyl (C=O) groups is 2. The van der Waals surface area contributed by atoms with Crippen LogP contribution in [0.4, 0.5) is 5.69 Å². The Hall–Kier alpha value is -2.30. The third-order valence-electron chi connectivity index (χ3n) is 4.04. The molecule has 1 heterocycles. The van der Waals surface area contributed by atoms with Crippen molar-refractivity contribution in [3.8, 4) is 0 Å². The lowest BCUT2D eigenvalue weighted by Crippen LogP contribution is -2.18. The van der Waals surface area contributed by atoms with E-state index in [9.17, 15) is 9.59 Å². The summed E-state index contributed by atoms with van der Waals surface area (Å²) in [7, 11) is 0. The molecule has 0 atom stereocenters. The number of aromatic nitrogens is 1. The number of aryl methyl sites for hydroxylation is 1. The van der Waals surface area contributed by atoms with Crippen molar-refractivity contribution in [3.05, 3.63) is 63.8 Å². The molecule has 2 aromatic carbocycles. The lowest BCUT2D eigenvalue weighted by molar-refractivity contribution is -0.116. The molecule has 3 rings (SSSR count). The van der Waals surface area contributed by atoms with Gasteiger partial charge in [0, 0.05) is 22.8 Å². The molecule has 1 N–H and O–H groups in total. The van der Waals surface area contributed by atoms with E-state index < -0.39 is 0 Å². The lowest BCUT2D eigenvalue weighted by atomic mass is 10.1. The van der Waals surface area contributed by atoms with E-state index in [2.05, 4.69) is 5.32 Å². The van der Waals surface area contributed by atoms with Gasteiger partial charge in [-0.3, -0.25) is 9.59 Å². The maximum Gasteiger partial charge on any atom is 0.244 e. The van der Waals surface area contributed by atoms with E-state index in [1.807, 2.05) is 29.7 Å². The standard InChI is InChI=1S/C19H16Cl2N2O2/c1-2-12-4-3-5-15-13(11-24)9-23(19(12)15)10-18(25)22-14-6-7-16(20)17(21)8-14/h3-9,11H,2,10H2,1H3,(H,22,25). The van der Waals surface area contributed by atoms with Crippen LogP contribution in [0.5, 0.6) is 0 Å². The van der Waals surface area contributed by atoms with E-state index in [1.165, 1.54) is 0 Å². The molecule has 0 fully saturated rings. The fourth-order valence-electron chi connectivity index (χ4n) is 2.90. The maximum absolute atomic E-state index is 12.4. The molecule has 1 aromatic heterocycles. The van der Waals surface area contributed by atoms with Gasteiger partial charge in [-0.15, -0.1) is 0 Å². The molecule has 0 bridgehead atoms. The summed E-state index contributed by atoms with van der Waals surface area (Å²) < 4.78 is 1.81. The van der Waals surface area contributed by atoms with Gasteiger partial charge >= 0.3 is 0 Å². The molecule has 3 aromatic rings. The average Bonchev–Trinajstić information content (AvgIpc) is 2.96. The van der Waals surface area contributed by atoms with E-state index in [4.69, 9.17) is 23.2 Å². The highest BCUT2D eigenvalue weighted by molar-refractivity contribution is 6.42. The van der Waals surface area contributed by atoms with Crippen LogP contribution in [0.1, 0.15) is 22.8 Å². The van der Waals surface area contributed by atoms with Gasteiger partial charge in [-0.1, -0.05) is 48.3 Å². The topological polar surface area (TPSA) is 51.1 Å². The maximum atomic E-state index is 12.4. The van der Waals surface area contributed by atoms with Gasteiger partial charge in [0.1, 0.15) is 6.54 Å². The van der Waals surface area contributed by atoms with Crippen LogP contribution >= 0.6 is 23.2 Å². The number of nitrogens with zero attached hydrogens (tertiary/aromatic N) is 1. The Labute approximate surface area is 155 Å². The summed E-state index contributed by atoms with van der Waals surface area (Å²) in [6.45, 7) is 2.14. The van der Waals surface area contributed by atoms with Crippen LogP contribution in [0.2, 0.25) is 10.0 Å². The second kappa shape index (κ2) is 7.30. The molecule has 4 nitrogen and oxygen atoms in total. The summed E-state index contributed by atoms with van der Waals surface area (Å²) in [6.07, 6.45) is 3.34. The Morgan fingerprint density at radius 1 is 1.20 bits per heavy atom. The van der Waals surface area contributed by atoms with Gasteiger partial charge in [0.05, 0.1) is 15.6 Å². The SMILES string of the molecule is CCc1cccc2c(C=O)cn(CC(=O)Nc3ccc(Cl)c(Cl)c3)c12. The van der Waals surface area contributed by atoms with Crippen molar-refractivity contribution >= 4 is 52.0 Å². The number of carbonyl (C=O) groups excluding carboxylic acids is 2. The number of halogens is 2. The van der Waals surface area contributed by atoms with Gasteiger partial charge in [-0.2, -0.15) is 0 Å². The molecule has 128 valence electrons. The van der Waals surface area contributed by atoms with Gasteiger partial charge in [-0.25, -0.2) is 0 Å². The van der Waals surface area contributed by atoms with Gasteiger partial charge in [-0.05, 0) is 30.2 Å². The number of amides is 1. The predicted molar refractivity (Wildman–Crippen MR) is 102 cm³/mol. The molecule has 0 saturated carbocycles. The fourth-order valence-corrected chi connectivity index (χ4v) is 3.20. The van der Waals surface area contributed by atoms with Gasteiger partial charge < -0.3 is 9.88 Å². The second-order valence-corrected chi connectivity index (χ2v) is 6.49. The van der Waals surface area contributed by atoms with Gasteiger partial charge in [0.25, 0.3) is 0 Å². The molecule has 0 aliphatic rings. The molecule has 1 amide bonds. The predicted octanol–water partition coefficient (Wildman–Crippen LogP) is 4.96. The molecule has 0 aliphatic heterocycles. The molecule has 6 heteroatoms. The number of hydrogen-bond acceptors (Lipinski definition) is 2. The Bertz CT molecular complexity index is 963. The van der Waals surface area contributed by atoms with Crippen molar-refractivity contribution in [2.24, 2.45) is 0 Å². The van der Waals surface area contributed by atoms with Crippen LogP contribution in [-0.2, 0) is 17.8 Å². The molecular formula is C19H16Cl2N2O2. The number of anilines is 1. The summed E-state index contributed by atoms with van der Waals surface area (Å²) in [5.41, 5.74) is 3.15. The minimum atomic E-state index is -0.210. The zero-order valence-electron chi connectivity index (χ0n) is 13.6. The molecular weight excluding hydrogens is 359 g/mol. The molecule has 0 spiro atoms. The van der Waals surface area contributed by atoms with Crippen LogP contribution < -0.4 is 5.32 Å². The zero-order valence-corrected chi connectivity index (χ0v) is 15.1. The fraction of sp³-hybridized carbons (Fsp3) is 0.158. The van der Waals surface area contributed by atoms with Crippen LogP contribution in [0.25, 0.3) is 10.9 Å². The van der Waals surface area contributed by atoms with E-state index in [0.29, 0.717) is 21.3 Å². The summed E-state index contributed by atoms with van der Waals surface area (Å²) in [6, 6.07) is 10.7. The van der Waals surface area contributed by atoms with Crippen molar-refractivity contribution < 1.29 is 9.59 Å². The summed E-state index contributed by atoms with van der Waals surface area (Å²) in [5, 5.41) is 4.46. The number of nitrogens with one attached hydrogen (secondary N) is 1. The number of rotatable bonds is 5. The molecule has 0 unspecified atom stereocenters. The van der Waals surface area contributed by atoms with Crippen LogP contribution in [-0.4, -0.2) is 16.8 Å². The van der Waals surface area contributed by atoms with E-state index in [0.717, 1.165) is 29.2 Å². The Morgan fingerprint density at radius 2 is 2.00 bits per heavy atom. The monoisotopic (exact) mass is 374 g/mol. The number of fused-ring (bicyclic) bond motifs is 1. The minimum absolute atomic E-state index is 0.0988. The van der Waals surface area contributed by atoms with Crippen LogP contribution in [0.3, 0.4) is 0 Å². The van der Waals surface area contributed by atoms with Gasteiger partial charge in [0.15, 0.2) is 6.29 Å². The minimum Gasteiger partial charge on any atom is -0.337 e. The zero-order chi connectivity index (χ0) is 18.0. The highest BCUT2D eigenvalue weighted by Gasteiger charge is 2.14. The number of aldehydes is 1. The normalized spacial score (nSPS) is 10.8. The lowest BCUT2D eigenvalue weighted by Gasteiger charge is -2.10. The van der Waals surface area contributed by atoms with Crippen molar-refractivity contribution in [2.45, 2.75) is 19.9 Å².